The van der Waals surface area contributed by atoms with Crippen LogP contribution in [0.2, 0.25) is 0 Å². The molecule has 7 nitrogen and oxygen atoms in total. The van der Waals surface area contributed by atoms with Crippen LogP contribution in [-0.2, 0) is 16.0 Å². The van der Waals surface area contributed by atoms with Crippen molar-refractivity contribution in [3.05, 3.63) is 59.5 Å². The maximum atomic E-state index is 11.9. The molecule has 1 heterocycles. The zero-order chi connectivity index (χ0) is 18.9. The number of aryl methyl sites for hydroxylation is 1. The summed E-state index contributed by atoms with van der Waals surface area (Å²) < 4.78 is 4.95. The molecule has 0 spiro atoms. The van der Waals surface area contributed by atoms with E-state index in [1.807, 2.05) is 31.2 Å². The van der Waals surface area contributed by atoms with Gasteiger partial charge in [0.15, 0.2) is 5.76 Å². The summed E-state index contributed by atoms with van der Waals surface area (Å²) >= 11 is 0. The van der Waals surface area contributed by atoms with E-state index in [1.54, 1.807) is 6.07 Å². The van der Waals surface area contributed by atoms with E-state index in [0.29, 0.717) is 6.42 Å². The fourth-order valence-corrected chi connectivity index (χ4v) is 2.48. The number of nitrogens with one attached hydrogen (secondary N) is 2. The first kappa shape index (κ1) is 19.2. The van der Waals surface area contributed by atoms with E-state index in [4.69, 9.17) is 4.42 Å². The average molecular weight is 358 g/mol. The van der Waals surface area contributed by atoms with Gasteiger partial charge in [-0.2, -0.15) is 0 Å². The number of rotatable bonds is 9. The number of carboxylic acid groups (broad SMARTS) is 1. The zero-order valence-electron chi connectivity index (χ0n) is 14.5. The molecule has 0 bridgehead atoms. The van der Waals surface area contributed by atoms with Crippen LogP contribution in [0.5, 0.6) is 0 Å². The van der Waals surface area contributed by atoms with Crippen LogP contribution in [0.25, 0.3) is 0 Å². The number of carbonyl (C=O) groups excluding carboxylic acids is 2. The number of amides is 2. The topological polar surface area (TPSA) is 109 Å². The van der Waals surface area contributed by atoms with Gasteiger partial charge in [0, 0.05) is 19.5 Å². The Morgan fingerprint density at radius 3 is 2.62 bits per heavy atom. The quantitative estimate of drug-likeness (QED) is 0.633. The van der Waals surface area contributed by atoms with E-state index < -0.39 is 17.8 Å². The average Bonchev–Trinajstić information content (AvgIpc) is 3.13. The molecule has 1 aromatic carbocycles. The molecule has 0 aliphatic rings. The molecule has 1 unspecified atom stereocenters. The minimum Gasteiger partial charge on any atom is -0.481 e. The van der Waals surface area contributed by atoms with Gasteiger partial charge in [-0.1, -0.05) is 29.8 Å². The Morgan fingerprint density at radius 1 is 1.15 bits per heavy atom. The Hall–Kier alpha value is -3.09. The van der Waals surface area contributed by atoms with Crippen molar-refractivity contribution in [3.63, 3.8) is 0 Å². The minimum atomic E-state index is -0.960. The molecular weight excluding hydrogens is 336 g/mol. The Morgan fingerprint density at radius 2 is 1.96 bits per heavy atom. The SMILES string of the molecule is Cc1cccc(CC(CNC(=O)CCNC(=O)c2ccco2)C(=O)O)c1. The second-order valence-corrected chi connectivity index (χ2v) is 6.02. The highest BCUT2D eigenvalue weighted by atomic mass is 16.4. The lowest BCUT2D eigenvalue weighted by atomic mass is 9.98. The van der Waals surface area contributed by atoms with Crippen LogP contribution in [0.3, 0.4) is 0 Å². The van der Waals surface area contributed by atoms with Crippen molar-refractivity contribution in [1.82, 2.24) is 10.6 Å². The van der Waals surface area contributed by atoms with Gasteiger partial charge in [0.1, 0.15) is 0 Å². The first-order valence-electron chi connectivity index (χ1n) is 8.32. The molecule has 0 aliphatic heterocycles. The minimum absolute atomic E-state index is 0.0360. The van der Waals surface area contributed by atoms with Crippen molar-refractivity contribution in [2.75, 3.05) is 13.1 Å². The number of furan rings is 1. The summed E-state index contributed by atoms with van der Waals surface area (Å²) in [5.41, 5.74) is 1.97. The Labute approximate surface area is 151 Å². The third-order valence-corrected chi connectivity index (χ3v) is 3.84. The molecule has 0 saturated heterocycles. The lowest BCUT2D eigenvalue weighted by Gasteiger charge is -2.14. The molecule has 1 aromatic heterocycles. The van der Waals surface area contributed by atoms with Crippen molar-refractivity contribution in [2.24, 2.45) is 5.92 Å². The number of hydrogen-bond acceptors (Lipinski definition) is 4. The zero-order valence-corrected chi connectivity index (χ0v) is 14.5. The van der Waals surface area contributed by atoms with Gasteiger partial charge >= 0.3 is 5.97 Å². The van der Waals surface area contributed by atoms with Crippen molar-refractivity contribution in [2.45, 2.75) is 19.8 Å². The van der Waals surface area contributed by atoms with Crippen LogP contribution in [0, 0.1) is 12.8 Å². The highest BCUT2D eigenvalue weighted by Crippen LogP contribution is 2.11. The lowest BCUT2D eigenvalue weighted by Crippen LogP contribution is -2.36. The number of benzene rings is 1. The molecule has 3 N–H and O–H groups in total. The highest BCUT2D eigenvalue weighted by molar-refractivity contribution is 5.91. The maximum absolute atomic E-state index is 11.9. The van der Waals surface area contributed by atoms with Crippen LogP contribution in [0.1, 0.15) is 28.1 Å². The largest absolute Gasteiger partial charge is 0.481 e. The second kappa shape index (κ2) is 9.41. The van der Waals surface area contributed by atoms with Crippen LogP contribution < -0.4 is 10.6 Å². The van der Waals surface area contributed by atoms with Crippen LogP contribution >= 0.6 is 0 Å². The van der Waals surface area contributed by atoms with E-state index in [2.05, 4.69) is 10.6 Å². The monoisotopic (exact) mass is 358 g/mol. The molecule has 2 amide bonds. The van der Waals surface area contributed by atoms with Gasteiger partial charge in [-0.15, -0.1) is 0 Å². The van der Waals surface area contributed by atoms with Gasteiger partial charge < -0.3 is 20.2 Å². The lowest BCUT2D eigenvalue weighted by molar-refractivity contribution is -0.141. The van der Waals surface area contributed by atoms with Crippen molar-refractivity contribution in [3.8, 4) is 0 Å². The summed E-state index contributed by atoms with van der Waals surface area (Å²) in [4.78, 5) is 34.9. The molecule has 2 aromatic rings. The van der Waals surface area contributed by atoms with Crippen LogP contribution in [0.4, 0.5) is 0 Å². The molecule has 138 valence electrons. The van der Waals surface area contributed by atoms with Crippen molar-refractivity contribution < 1.29 is 23.9 Å². The van der Waals surface area contributed by atoms with Gasteiger partial charge in [-0.25, -0.2) is 0 Å². The normalized spacial score (nSPS) is 11.6. The Bertz CT molecular complexity index is 755. The summed E-state index contributed by atoms with van der Waals surface area (Å²) in [6, 6.07) is 10.7. The standard InChI is InChI=1S/C19H22N2O5/c1-13-4-2-5-14(10-13)11-15(19(24)25)12-21-17(22)7-8-20-18(23)16-6-3-9-26-16/h2-6,9-10,15H,7-8,11-12H2,1H3,(H,20,23)(H,21,22)(H,24,25). The molecule has 0 fully saturated rings. The first-order chi connectivity index (χ1) is 12.5. The summed E-state index contributed by atoms with van der Waals surface area (Å²) in [7, 11) is 0. The van der Waals surface area contributed by atoms with Crippen molar-refractivity contribution in [1.29, 1.82) is 0 Å². The number of aliphatic carboxylic acids is 1. The summed E-state index contributed by atoms with van der Waals surface area (Å²) in [6.45, 7) is 2.12. The Kier molecular flexibility index (Phi) is 6.96. The Balaban J connectivity index is 1.74. The van der Waals surface area contributed by atoms with Crippen molar-refractivity contribution >= 4 is 17.8 Å². The van der Waals surface area contributed by atoms with Gasteiger partial charge in [0.05, 0.1) is 12.2 Å². The molecule has 0 aliphatic carbocycles. The first-order valence-corrected chi connectivity index (χ1v) is 8.32. The van der Waals surface area contributed by atoms with Gasteiger partial charge in [-0.05, 0) is 31.0 Å². The highest BCUT2D eigenvalue weighted by Gasteiger charge is 2.19. The van der Waals surface area contributed by atoms with E-state index in [9.17, 15) is 19.5 Å². The summed E-state index contributed by atoms with van der Waals surface area (Å²) in [5, 5.41) is 14.5. The molecule has 0 saturated carbocycles. The second-order valence-electron chi connectivity index (χ2n) is 6.02. The predicted octanol–water partition coefficient (Wildman–Crippen LogP) is 1.77. The maximum Gasteiger partial charge on any atom is 0.308 e. The summed E-state index contributed by atoms with van der Waals surface area (Å²) in [5.74, 6) is -2.21. The predicted molar refractivity (Wildman–Crippen MR) is 94.7 cm³/mol. The molecule has 0 radical (unpaired) electrons. The number of carboxylic acids is 1. The number of hydrogen-bond donors (Lipinski definition) is 3. The molecule has 2 rings (SSSR count). The van der Waals surface area contributed by atoms with Crippen LogP contribution in [0.15, 0.2) is 47.1 Å². The molecule has 7 heteroatoms. The van der Waals surface area contributed by atoms with E-state index >= 15 is 0 Å². The third-order valence-electron chi connectivity index (χ3n) is 3.84. The van der Waals surface area contributed by atoms with Crippen LogP contribution in [-0.4, -0.2) is 36.0 Å². The van der Waals surface area contributed by atoms with Gasteiger partial charge in [0.2, 0.25) is 5.91 Å². The van der Waals surface area contributed by atoms with E-state index in [1.165, 1.54) is 12.3 Å². The molecular formula is C19H22N2O5. The third kappa shape index (κ3) is 6.08. The smallest absolute Gasteiger partial charge is 0.308 e. The van der Waals surface area contributed by atoms with Gasteiger partial charge in [0.25, 0.3) is 5.91 Å². The fourth-order valence-electron chi connectivity index (χ4n) is 2.48. The van der Waals surface area contributed by atoms with E-state index in [-0.39, 0.29) is 31.2 Å². The fraction of sp³-hybridized carbons (Fsp3) is 0.316. The van der Waals surface area contributed by atoms with Gasteiger partial charge in [-0.3, -0.25) is 14.4 Å². The summed E-state index contributed by atoms with van der Waals surface area (Å²) in [6.07, 6.45) is 1.79. The molecule has 1 atom stereocenters. The molecule has 26 heavy (non-hydrogen) atoms. The number of carbonyl (C=O) groups is 3. The van der Waals surface area contributed by atoms with E-state index in [0.717, 1.165) is 11.1 Å².